The molecule has 3 aromatic rings. The fourth-order valence-corrected chi connectivity index (χ4v) is 2.96. The molecular weight excluding hydrogens is 408 g/mol. The Hall–Kier alpha value is -4.05. The van der Waals surface area contributed by atoms with E-state index in [0.717, 1.165) is 16.7 Å². The lowest BCUT2D eigenvalue weighted by molar-refractivity contribution is 0.102. The van der Waals surface area contributed by atoms with Gasteiger partial charge in [-0.15, -0.1) is 5.10 Å². The lowest BCUT2D eigenvalue weighted by Gasteiger charge is -2.11. The molecule has 2 N–H and O–H groups in total. The maximum atomic E-state index is 12.8. The fraction of sp³-hybridized carbons (Fsp3) is 0.227. The molecule has 0 saturated carbocycles. The number of carbonyl (C=O) groups is 1. The van der Waals surface area contributed by atoms with Gasteiger partial charge in [0.15, 0.2) is 0 Å². The molecule has 0 bridgehead atoms. The minimum absolute atomic E-state index is 0.121. The van der Waals surface area contributed by atoms with Crippen molar-refractivity contribution in [2.45, 2.75) is 26.8 Å². The van der Waals surface area contributed by atoms with Gasteiger partial charge >= 0.3 is 0 Å². The number of aliphatic imine (C=N–C) groups is 1. The van der Waals surface area contributed by atoms with Crippen molar-refractivity contribution in [1.29, 1.82) is 0 Å². The summed E-state index contributed by atoms with van der Waals surface area (Å²) in [6, 6.07) is 6.55. The molecule has 0 radical (unpaired) electrons. The number of rotatable bonds is 8. The summed E-state index contributed by atoms with van der Waals surface area (Å²) in [5.74, 6) is 0.325. The second-order valence-corrected chi connectivity index (χ2v) is 7.10. The molecule has 3 heterocycles. The Balaban J connectivity index is 1.84. The van der Waals surface area contributed by atoms with Crippen molar-refractivity contribution < 1.29 is 9.90 Å². The number of hydrogen-bond acceptors (Lipinski definition) is 8. The number of allylic oxidation sites excluding steroid dienone is 3. The standard InChI is InChI=1S/C22H24N8O2/c1-14(7-6-10-23-4)17-11-19(24-12-15(17)2)22(32)26-20-9-5-8-18(25-20)21-27-28-29-30(21)16(3)13-31/h5-12,16,31H,4,13H2,1-3H3,(H,25,26,32)/b10-6-,14-7+/t16-/m1/s1. The van der Waals surface area contributed by atoms with E-state index in [-0.39, 0.29) is 18.3 Å². The lowest BCUT2D eigenvalue weighted by Crippen LogP contribution is -2.16. The Kier molecular flexibility index (Phi) is 7.29. The van der Waals surface area contributed by atoms with Crippen LogP contribution in [-0.2, 0) is 0 Å². The van der Waals surface area contributed by atoms with E-state index in [1.807, 2.05) is 19.9 Å². The number of hydrogen-bond donors (Lipinski definition) is 2. The number of aliphatic hydroxyl groups is 1. The van der Waals surface area contributed by atoms with E-state index in [1.54, 1.807) is 49.7 Å². The topological polar surface area (TPSA) is 131 Å². The zero-order valence-corrected chi connectivity index (χ0v) is 18.1. The highest BCUT2D eigenvalue weighted by Crippen LogP contribution is 2.21. The minimum atomic E-state index is -0.393. The molecule has 0 saturated heterocycles. The highest BCUT2D eigenvalue weighted by Gasteiger charge is 2.17. The van der Waals surface area contributed by atoms with Crippen molar-refractivity contribution in [3.8, 4) is 11.5 Å². The molecule has 10 nitrogen and oxygen atoms in total. The summed E-state index contributed by atoms with van der Waals surface area (Å²) in [5.41, 5.74) is 3.53. The Morgan fingerprint density at radius 3 is 2.97 bits per heavy atom. The molecule has 3 rings (SSSR count). The summed E-state index contributed by atoms with van der Waals surface area (Å²) < 4.78 is 1.48. The van der Waals surface area contributed by atoms with E-state index < -0.39 is 5.91 Å². The number of pyridine rings is 2. The molecule has 1 atom stereocenters. The number of carbonyl (C=O) groups excluding carboxylic acids is 1. The van der Waals surface area contributed by atoms with E-state index >= 15 is 0 Å². The SMILES string of the molecule is C=N/C=C\C=C(/C)c1cc(C(=O)Nc2cccc(-c3nnnn3[C@H](C)CO)n2)ncc1C. The zero-order valence-electron chi connectivity index (χ0n) is 18.1. The first-order valence-corrected chi connectivity index (χ1v) is 9.88. The van der Waals surface area contributed by atoms with Crippen molar-refractivity contribution in [3.05, 3.63) is 65.6 Å². The van der Waals surface area contributed by atoms with Crippen LogP contribution in [0.3, 0.4) is 0 Å². The van der Waals surface area contributed by atoms with Gasteiger partial charge in [0.2, 0.25) is 5.82 Å². The number of anilines is 1. The Morgan fingerprint density at radius 2 is 2.22 bits per heavy atom. The lowest BCUT2D eigenvalue weighted by atomic mass is 10.0. The number of aliphatic hydroxyl groups excluding tert-OH is 1. The third-order valence-electron chi connectivity index (χ3n) is 4.69. The van der Waals surface area contributed by atoms with Crippen molar-refractivity contribution in [2.75, 3.05) is 11.9 Å². The van der Waals surface area contributed by atoms with E-state index in [0.29, 0.717) is 17.3 Å². The van der Waals surface area contributed by atoms with Gasteiger partial charge < -0.3 is 10.4 Å². The Bertz CT molecular complexity index is 1180. The molecule has 0 fully saturated rings. The zero-order chi connectivity index (χ0) is 23.1. The number of nitrogens with one attached hydrogen (secondary N) is 1. The van der Waals surface area contributed by atoms with Crippen molar-refractivity contribution in [2.24, 2.45) is 4.99 Å². The predicted octanol–water partition coefficient (Wildman–Crippen LogP) is 2.86. The molecule has 0 unspecified atom stereocenters. The van der Waals surface area contributed by atoms with Gasteiger partial charge in [0.1, 0.15) is 17.2 Å². The van der Waals surface area contributed by atoms with Gasteiger partial charge in [0.25, 0.3) is 5.91 Å². The predicted molar refractivity (Wildman–Crippen MR) is 122 cm³/mol. The average Bonchev–Trinajstić information content (AvgIpc) is 3.29. The van der Waals surface area contributed by atoms with Crippen LogP contribution >= 0.6 is 0 Å². The first-order chi connectivity index (χ1) is 15.4. The van der Waals surface area contributed by atoms with E-state index in [1.165, 1.54) is 4.68 Å². The van der Waals surface area contributed by atoms with Crippen LogP contribution < -0.4 is 5.32 Å². The van der Waals surface area contributed by atoms with Gasteiger partial charge in [-0.05, 0) is 78.9 Å². The normalized spacial score (nSPS) is 12.7. The van der Waals surface area contributed by atoms with Crippen LogP contribution in [0.1, 0.15) is 41.5 Å². The number of nitrogens with zero attached hydrogens (tertiary/aromatic N) is 7. The van der Waals surface area contributed by atoms with Gasteiger partial charge in [0, 0.05) is 12.4 Å². The van der Waals surface area contributed by atoms with Crippen molar-refractivity contribution in [1.82, 2.24) is 30.2 Å². The van der Waals surface area contributed by atoms with Crippen molar-refractivity contribution in [3.63, 3.8) is 0 Å². The van der Waals surface area contributed by atoms with Crippen molar-refractivity contribution >= 4 is 24.0 Å². The van der Waals surface area contributed by atoms with Crippen LogP contribution in [0, 0.1) is 6.92 Å². The molecule has 10 heteroatoms. The average molecular weight is 432 g/mol. The number of aromatic nitrogens is 6. The summed E-state index contributed by atoms with van der Waals surface area (Å²) in [6.45, 7) is 8.94. The largest absolute Gasteiger partial charge is 0.394 e. The first-order valence-electron chi connectivity index (χ1n) is 9.88. The highest BCUT2D eigenvalue weighted by atomic mass is 16.3. The minimum Gasteiger partial charge on any atom is -0.394 e. The summed E-state index contributed by atoms with van der Waals surface area (Å²) in [6.07, 6.45) is 6.92. The molecule has 1 amide bonds. The van der Waals surface area contributed by atoms with Crippen LogP contribution in [0.5, 0.6) is 0 Å². The molecule has 0 spiro atoms. The Labute approximate surface area is 185 Å². The van der Waals surface area contributed by atoms with Crippen LogP contribution in [0.25, 0.3) is 17.1 Å². The fourth-order valence-electron chi connectivity index (χ4n) is 2.96. The van der Waals surface area contributed by atoms with Crippen LogP contribution in [0.15, 0.2) is 53.8 Å². The highest BCUT2D eigenvalue weighted by molar-refractivity contribution is 6.03. The van der Waals surface area contributed by atoms with Gasteiger partial charge in [-0.1, -0.05) is 12.1 Å². The molecule has 0 aromatic carbocycles. The Morgan fingerprint density at radius 1 is 1.41 bits per heavy atom. The van der Waals surface area contributed by atoms with E-state index in [9.17, 15) is 9.90 Å². The maximum absolute atomic E-state index is 12.8. The maximum Gasteiger partial charge on any atom is 0.275 e. The smallest absolute Gasteiger partial charge is 0.275 e. The molecule has 3 aromatic heterocycles. The molecule has 0 aliphatic carbocycles. The van der Waals surface area contributed by atoms with Gasteiger partial charge in [-0.3, -0.25) is 14.8 Å². The molecule has 0 aliphatic heterocycles. The summed E-state index contributed by atoms with van der Waals surface area (Å²) in [5, 5.41) is 23.7. The molecule has 0 aliphatic rings. The van der Waals surface area contributed by atoms with Crippen LogP contribution in [-0.4, -0.2) is 54.5 Å². The van der Waals surface area contributed by atoms with Crippen LogP contribution in [0.4, 0.5) is 5.82 Å². The molecular formula is C22H24N8O2. The second kappa shape index (κ2) is 10.3. The van der Waals surface area contributed by atoms with E-state index in [4.69, 9.17) is 0 Å². The van der Waals surface area contributed by atoms with Gasteiger partial charge in [-0.2, -0.15) is 0 Å². The number of tetrazole rings is 1. The third kappa shape index (κ3) is 5.16. The summed E-state index contributed by atoms with van der Waals surface area (Å²) in [4.78, 5) is 25.2. The number of amides is 1. The molecule has 164 valence electrons. The van der Waals surface area contributed by atoms with Crippen LogP contribution in [0.2, 0.25) is 0 Å². The monoisotopic (exact) mass is 432 g/mol. The van der Waals surface area contributed by atoms with E-state index in [2.05, 4.69) is 42.5 Å². The quantitative estimate of drug-likeness (QED) is 0.413. The number of aryl methyl sites for hydroxylation is 1. The third-order valence-corrected chi connectivity index (χ3v) is 4.69. The summed E-state index contributed by atoms with van der Waals surface area (Å²) in [7, 11) is 0. The molecule has 32 heavy (non-hydrogen) atoms. The first kappa shape index (κ1) is 22.6. The second-order valence-electron chi connectivity index (χ2n) is 7.10. The van der Waals surface area contributed by atoms with Gasteiger partial charge in [0.05, 0.1) is 12.6 Å². The van der Waals surface area contributed by atoms with Gasteiger partial charge in [-0.25, -0.2) is 9.67 Å². The summed E-state index contributed by atoms with van der Waals surface area (Å²) >= 11 is 0.